The molecule has 2 aromatic rings. The molecule has 0 aliphatic carbocycles. The Kier molecular flexibility index (Phi) is 5.64. The Morgan fingerprint density at radius 2 is 1.96 bits per heavy atom. The number of aliphatic hydroxyl groups excluding tert-OH is 4. The zero-order chi connectivity index (χ0) is 18.1. The number of nitrogens with zero attached hydrogens (tertiary/aromatic N) is 4. The summed E-state index contributed by atoms with van der Waals surface area (Å²) in [6, 6.07) is 5.03. The summed E-state index contributed by atoms with van der Waals surface area (Å²) in [5.41, 5.74) is 1.29. The van der Waals surface area contributed by atoms with E-state index in [1.54, 1.807) is 18.2 Å². The maximum Gasteiger partial charge on any atom is 0.212 e. The lowest BCUT2D eigenvalue weighted by molar-refractivity contribution is -0.0813. The largest absolute Gasteiger partial charge is 0.394 e. The molecular formula is C14H14Cl2N4O4S. The normalized spacial score (nSPS) is 17.6. The average Bonchev–Trinajstić information content (AvgIpc) is 3.02. The molecule has 1 aromatic heterocycles. The lowest BCUT2D eigenvalue weighted by Crippen LogP contribution is -2.36. The Labute approximate surface area is 156 Å². The second-order valence-corrected chi connectivity index (χ2v) is 7.08. The van der Waals surface area contributed by atoms with E-state index >= 15 is 0 Å². The second kappa shape index (κ2) is 7.58. The predicted molar refractivity (Wildman–Crippen MR) is 93.2 cm³/mol. The molecule has 0 unspecified atom stereocenters. The van der Waals surface area contributed by atoms with Crippen LogP contribution in [0.5, 0.6) is 0 Å². The number of thioether (sulfide) groups is 1. The number of fused-ring (bicyclic) bond motifs is 1. The van der Waals surface area contributed by atoms with Crippen molar-refractivity contribution in [2.24, 2.45) is 5.10 Å². The molecule has 0 saturated heterocycles. The number of aliphatic hydroxyl groups is 4. The summed E-state index contributed by atoms with van der Waals surface area (Å²) in [5.74, 6) is 0.432. The van der Waals surface area contributed by atoms with Crippen LogP contribution in [-0.4, -0.2) is 65.6 Å². The van der Waals surface area contributed by atoms with Gasteiger partial charge in [0.2, 0.25) is 5.16 Å². The second-order valence-electron chi connectivity index (χ2n) is 5.30. The van der Waals surface area contributed by atoms with Crippen LogP contribution in [0.1, 0.15) is 17.5 Å². The van der Waals surface area contributed by atoms with Crippen molar-refractivity contribution in [3.05, 3.63) is 39.6 Å². The number of hydrogen-bond donors (Lipinski definition) is 4. The Morgan fingerprint density at radius 3 is 2.64 bits per heavy atom. The van der Waals surface area contributed by atoms with Crippen LogP contribution in [0.15, 0.2) is 28.5 Å². The van der Waals surface area contributed by atoms with Crippen molar-refractivity contribution in [3.8, 4) is 0 Å². The topological polar surface area (TPSA) is 124 Å². The van der Waals surface area contributed by atoms with Crippen molar-refractivity contribution in [1.82, 2.24) is 14.9 Å². The van der Waals surface area contributed by atoms with Gasteiger partial charge in [-0.1, -0.05) is 41.0 Å². The first-order chi connectivity index (χ1) is 11.9. The van der Waals surface area contributed by atoms with Crippen molar-refractivity contribution >= 4 is 40.7 Å². The molecule has 0 saturated carbocycles. The van der Waals surface area contributed by atoms with E-state index in [1.807, 2.05) is 0 Å². The minimum absolute atomic E-state index is 0.0511. The highest BCUT2D eigenvalue weighted by Crippen LogP contribution is 2.30. The predicted octanol–water partition coefficient (Wildman–Crippen LogP) is 0.691. The third-order valence-electron chi connectivity index (χ3n) is 3.61. The summed E-state index contributed by atoms with van der Waals surface area (Å²) in [5, 5.41) is 52.0. The first-order valence-electron chi connectivity index (χ1n) is 7.18. The van der Waals surface area contributed by atoms with Crippen LogP contribution in [0, 0.1) is 0 Å². The molecule has 3 rings (SSSR count). The maximum absolute atomic E-state index is 10.2. The summed E-state index contributed by atoms with van der Waals surface area (Å²) < 4.78 is 1.28. The molecule has 2 heterocycles. The van der Waals surface area contributed by atoms with E-state index in [0.717, 1.165) is 0 Å². The first-order valence-corrected chi connectivity index (χ1v) is 8.93. The van der Waals surface area contributed by atoms with Crippen LogP contribution in [0.2, 0.25) is 10.0 Å². The molecule has 1 aromatic carbocycles. The molecule has 4 N–H and O–H groups in total. The quantitative estimate of drug-likeness (QED) is 0.577. The number of benzene rings is 1. The van der Waals surface area contributed by atoms with E-state index in [0.29, 0.717) is 32.2 Å². The highest BCUT2D eigenvalue weighted by atomic mass is 35.5. The third-order valence-corrected chi connectivity index (χ3v) is 5.08. The molecule has 11 heteroatoms. The van der Waals surface area contributed by atoms with Crippen molar-refractivity contribution in [2.75, 3.05) is 12.4 Å². The molecule has 25 heavy (non-hydrogen) atoms. The summed E-state index contributed by atoms with van der Waals surface area (Å²) >= 11 is 13.4. The van der Waals surface area contributed by atoms with Gasteiger partial charge in [-0.05, 0) is 12.1 Å². The van der Waals surface area contributed by atoms with Gasteiger partial charge in [0, 0.05) is 16.3 Å². The van der Waals surface area contributed by atoms with Crippen LogP contribution in [0.3, 0.4) is 0 Å². The van der Waals surface area contributed by atoms with E-state index in [1.165, 1.54) is 16.4 Å². The fraction of sp³-hybridized carbons (Fsp3) is 0.357. The van der Waals surface area contributed by atoms with Crippen molar-refractivity contribution in [3.63, 3.8) is 0 Å². The zero-order valence-electron chi connectivity index (χ0n) is 12.6. The van der Waals surface area contributed by atoms with E-state index in [-0.39, 0.29) is 5.82 Å². The van der Waals surface area contributed by atoms with Crippen LogP contribution >= 0.6 is 35.0 Å². The monoisotopic (exact) mass is 404 g/mol. The molecule has 0 fully saturated rings. The lowest BCUT2D eigenvalue weighted by Gasteiger charge is -2.21. The summed E-state index contributed by atoms with van der Waals surface area (Å²) in [6.07, 6.45) is -4.73. The van der Waals surface area contributed by atoms with Gasteiger partial charge in [-0.2, -0.15) is 9.78 Å². The molecule has 0 bridgehead atoms. The highest BCUT2D eigenvalue weighted by Gasteiger charge is 2.32. The molecule has 0 radical (unpaired) electrons. The fourth-order valence-corrected chi connectivity index (χ4v) is 3.61. The standard InChI is InChI=1S/C14H14Cl2N4O4S/c15-6-1-2-7(8(16)3-6)9-5-25-14-18-17-13(20(14)19-9)12(24)11(23)10(22)4-21/h1-3,10-12,21-24H,4-5H2/t10-,11-,12-/m1/s1. The number of hydrogen-bond acceptors (Lipinski definition) is 8. The molecule has 1 aliphatic heterocycles. The van der Waals surface area contributed by atoms with Gasteiger partial charge in [-0.15, -0.1) is 10.2 Å². The maximum atomic E-state index is 10.2. The Morgan fingerprint density at radius 1 is 1.20 bits per heavy atom. The van der Waals surface area contributed by atoms with Crippen LogP contribution in [0.4, 0.5) is 0 Å². The molecule has 1 aliphatic rings. The molecule has 0 spiro atoms. The zero-order valence-corrected chi connectivity index (χ0v) is 14.9. The SMILES string of the molecule is OC[C@@H](O)[C@@H](O)[C@@H](O)c1nnc2n1N=C(c1ccc(Cl)cc1Cl)CS2. The van der Waals surface area contributed by atoms with E-state index < -0.39 is 24.9 Å². The van der Waals surface area contributed by atoms with Gasteiger partial charge in [0.1, 0.15) is 18.3 Å². The van der Waals surface area contributed by atoms with E-state index in [9.17, 15) is 15.3 Å². The Hall–Kier alpha value is -1.20. The molecule has 3 atom stereocenters. The molecule has 134 valence electrons. The van der Waals surface area contributed by atoms with Crippen molar-refractivity contribution in [1.29, 1.82) is 0 Å². The van der Waals surface area contributed by atoms with Gasteiger partial charge >= 0.3 is 0 Å². The minimum atomic E-state index is -1.64. The summed E-state index contributed by atoms with van der Waals surface area (Å²) in [7, 11) is 0. The Bertz CT molecular complexity index is 816. The van der Waals surface area contributed by atoms with Crippen LogP contribution in [-0.2, 0) is 0 Å². The third kappa shape index (κ3) is 3.68. The molecule has 0 amide bonds. The van der Waals surface area contributed by atoms with Gasteiger partial charge in [0.15, 0.2) is 5.82 Å². The van der Waals surface area contributed by atoms with Gasteiger partial charge < -0.3 is 20.4 Å². The van der Waals surface area contributed by atoms with Crippen LogP contribution in [0.25, 0.3) is 0 Å². The highest BCUT2D eigenvalue weighted by molar-refractivity contribution is 7.99. The summed E-state index contributed by atoms with van der Waals surface area (Å²) in [6.45, 7) is -0.705. The first kappa shape index (κ1) is 18.6. The summed E-state index contributed by atoms with van der Waals surface area (Å²) in [4.78, 5) is 0. The van der Waals surface area contributed by atoms with Gasteiger partial charge in [-0.3, -0.25) is 0 Å². The smallest absolute Gasteiger partial charge is 0.212 e. The number of aromatic nitrogens is 3. The van der Waals surface area contributed by atoms with Gasteiger partial charge in [0.25, 0.3) is 0 Å². The molecular weight excluding hydrogens is 391 g/mol. The van der Waals surface area contributed by atoms with Gasteiger partial charge in [-0.25, -0.2) is 0 Å². The lowest BCUT2D eigenvalue weighted by atomic mass is 10.1. The van der Waals surface area contributed by atoms with Crippen LogP contribution < -0.4 is 0 Å². The van der Waals surface area contributed by atoms with Crippen molar-refractivity contribution < 1.29 is 20.4 Å². The number of rotatable bonds is 5. The van der Waals surface area contributed by atoms with E-state index in [4.69, 9.17) is 28.3 Å². The van der Waals surface area contributed by atoms with E-state index in [2.05, 4.69) is 15.3 Å². The van der Waals surface area contributed by atoms with Gasteiger partial charge in [0.05, 0.1) is 17.3 Å². The molecule has 8 nitrogen and oxygen atoms in total. The fourth-order valence-electron chi connectivity index (χ4n) is 2.25. The minimum Gasteiger partial charge on any atom is -0.394 e. The Balaban J connectivity index is 1.97. The number of halogens is 2. The van der Waals surface area contributed by atoms with Crippen molar-refractivity contribution in [2.45, 2.75) is 23.5 Å². The average molecular weight is 405 g/mol.